The first-order valence-corrected chi connectivity index (χ1v) is 9.19. The lowest BCUT2D eigenvalue weighted by Crippen LogP contribution is -2.35. The van der Waals surface area contributed by atoms with Crippen molar-refractivity contribution >= 4 is 21.8 Å². The summed E-state index contributed by atoms with van der Waals surface area (Å²) in [7, 11) is -1.70. The van der Waals surface area contributed by atoms with E-state index in [9.17, 15) is 8.42 Å². The van der Waals surface area contributed by atoms with Gasteiger partial charge in [0.05, 0.1) is 0 Å². The molecule has 0 aromatic carbocycles. The molecule has 0 atom stereocenters. The highest BCUT2D eigenvalue weighted by Crippen LogP contribution is 2.25. The maximum Gasteiger partial charge on any atom is 0.244 e. The van der Waals surface area contributed by atoms with Crippen LogP contribution in [0.15, 0.2) is 33.4 Å². The third-order valence-electron chi connectivity index (χ3n) is 3.44. The molecule has 2 aromatic heterocycles. The first-order chi connectivity index (χ1) is 10.6. The van der Waals surface area contributed by atoms with Crippen molar-refractivity contribution in [1.29, 1.82) is 0 Å². The number of tetrazole rings is 1. The highest BCUT2D eigenvalue weighted by molar-refractivity contribution is 7.99. The van der Waals surface area contributed by atoms with Crippen molar-refractivity contribution < 1.29 is 8.42 Å². The van der Waals surface area contributed by atoms with Crippen LogP contribution in [0.5, 0.6) is 0 Å². The Balaban J connectivity index is 1.77. The molecular formula is C12H16N6O2S2. The molecule has 0 amide bonds. The van der Waals surface area contributed by atoms with Gasteiger partial charge >= 0.3 is 0 Å². The molecular weight excluding hydrogens is 324 g/mol. The minimum absolute atomic E-state index is 0.231. The summed E-state index contributed by atoms with van der Waals surface area (Å²) in [6, 6.07) is 3.26. The van der Waals surface area contributed by atoms with E-state index in [-0.39, 0.29) is 4.90 Å². The Bertz CT molecular complexity index is 737. The van der Waals surface area contributed by atoms with Gasteiger partial charge in [-0.25, -0.2) is 18.1 Å². The minimum Gasteiger partial charge on any atom is -0.248 e. The van der Waals surface area contributed by atoms with Gasteiger partial charge in [0, 0.05) is 26.3 Å². The minimum atomic E-state index is -3.43. The second-order valence-electron chi connectivity index (χ2n) is 4.98. The standard InChI is InChI=1S/C12H16N6O2S2/c1-17-12(14-15-16-17)21-11-6-5-10(9-13-11)22(19,20)18-7-3-2-4-8-18/h5-6,9H,2-4,7-8H2,1H3. The van der Waals surface area contributed by atoms with Gasteiger partial charge in [0.1, 0.15) is 9.92 Å². The number of aryl methyl sites for hydroxylation is 1. The quantitative estimate of drug-likeness (QED) is 0.817. The summed E-state index contributed by atoms with van der Waals surface area (Å²) >= 11 is 1.28. The summed E-state index contributed by atoms with van der Waals surface area (Å²) in [4.78, 5) is 4.44. The summed E-state index contributed by atoms with van der Waals surface area (Å²) in [5.41, 5.74) is 0. The van der Waals surface area contributed by atoms with Crippen LogP contribution in [-0.2, 0) is 17.1 Å². The summed E-state index contributed by atoms with van der Waals surface area (Å²) in [5, 5.41) is 12.4. The third-order valence-corrected chi connectivity index (χ3v) is 6.30. The van der Waals surface area contributed by atoms with Crippen LogP contribution in [0, 0.1) is 0 Å². The van der Waals surface area contributed by atoms with Crippen LogP contribution < -0.4 is 0 Å². The van der Waals surface area contributed by atoms with E-state index in [1.807, 2.05) is 0 Å². The Kier molecular flexibility index (Phi) is 4.41. The fourth-order valence-corrected chi connectivity index (χ4v) is 4.37. The van der Waals surface area contributed by atoms with Crippen LogP contribution in [0.1, 0.15) is 19.3 Å². The molecule has 0 saturated carbocycles. The number of hydrogen-bond acceptors (Lipinski definition) is 7. The van der Waals surface area contributed by atoms with E-state index in [0.29, 0.717) is 23.3 Å². The normalized spacial score (nSPS) is 16.8. The maximum absolute atomic E-state index is 12.5. The van der Waals surface area contributed by atoms with Gasteiger partial charge in [-0.1, -0.05) is 6.42 Å². The predicted octanol–water partition coefficient (Wildman–Crippen LogP) is 0.931. The van der Waals surface area contributed by atoms with Gasteiger partial charge in [0.15, 0.2) is 0 Å². The lowest BCUT2D eigenvalue weighted by molar-refractivity contribution is 0.346. The number of nitrogens with zero attached hydrogens (tertiary/aromatic N) is 6. The first-order valence-electron chi connectivity index (χ1n) is 6.94. The molecule has 1 saturated heterocycles. The van der Waals surface area contributed by atoms with E-state index >= 15 is 0 Å². The Morgan fingerprint density at radius 1 is 1.18 bits per heavy atom. The summed E-state index contributed by atoms with van der Waals surface area (Å²) < 4.78 is 28.1. The van der Waals surface area contributed by atoms with Gasteiger partial charge in [-0.05, 0) is 47.2 Å². The molecule has 1 fully saturated rings. The molecule has 8 nitrogen and oxygen atoms in total. The Hall–Kier alpha value is -1.52. The van der Waals surface area contributed by atoms with Crippen molar-refractivity contribution in [3.05, 3.63) is 18.3 Å². The fraction of sp³-hybridized carbons (Fsp3) is 0.500. The largest absolute Gasteiger partial charge is 0.248 e. The molecule has 0 radical (unpaired) electrons. The molecule has 2 aromatic rings. The number of hydrogen-bond donors (Lipinski definition) is 0. The zero-order valence-corrected chi connectivity index (χ0v) is 13.7. The number of piperidine rings is 1. The van der Waals surface area contributed by atoms with Gasteiger partial charge in [-0.3, -0.25) is 0 Å². The van der Waals surface area contributed by atoms with E-state index in [0.717, 1.165) is 19.3 Å². The predicted molar refractivity (Wildman–Crippen MR) is 79.8 cm³/mol. The smallest absolute Gasteiger partial charge is 0.244 e. The monoisotopic (exact) mass is 340 g/mol. The van der Waals surface area contributed by atoms with E-state index in [1.54, 1.807) is 19.2 Å². The average molecular weight is 340 g/mol. The zero-order valence-electron chi connectivity index (χ0n) is 12.1. The molecule has 1 aliphatic rings. The van der Waals surface area contributed by atoms with Gasteiger partial charge in [0.25, 0.3) is 0 Å². The molecule has 22 heavy (non-hydrogen) atoms. The van der Waals surface area contributed by atoms with Crippen LogP contribution in [0.4, 0.5) is 0 Å². The summed E-state index contributed by atoms with van der Waals surface area (Å²) in [6.45, 7) is 1.17. The van der Waals surface area contributed by atoms with Crippen LogP contribution in [-0.4, -0.2) is 51.0 Å². The molecule has 1 aliphatic heterocycles. The number of sulfonamides is 1. The number of rotatable bonds is 4. The summed E-state index contributed by atoms with van der Waals surface area (Å²) in [6.07, 6.45) is 4.32. The van der Waals surface area contributed by atoms with Gasteiger partial charge in [-0.15, -0.1) is 5.10 Å². The zero-order chi connectivity index (χ0) is 15.6. The van der Waals surface area contributed by atoms with Crippen molar-refractivity contribution in [2.24, 2.45) is 7.05 Å². The van der Waals surface area contributed by atoms with Gasteiger partial charge in [0.2, 0.25) is 15.2 Å². The van der Waals surface area contributed by atoms with E-state index < -0.39 is 10.0 Å². The second kappa shape index (κ2) is 6.31. The average Bonchev–Trinajstić information content (AvgIpc) is 2.94. The lowest BCUT2D eigenvalue weighted by Gasteiger charge is -2.25. The van der Waals surface area contributed by atoms with Crippen LogP contribution >= 0.6 is 11.8 Å². The van der Waals surface area contributed by atoms with Gasteiger partial charge in [-0.2, -0.15) is 4.31 Å². The van der Waals surface area contributed by atoms with E-state index in [2.05, 4.69) is 20.5 Å². The number of pyridine rings is 1. The van der Waals surface area contributed by atoms with Crippen molar-refractivity contribution in [2.75, 3.05) is 13.1 Å². The molecule has 0 spiro atoms. The molecule has 0 aliphatic carbocycles. The van der Waals surface area contributed by atoms with Gasteiger partial charge < -0.3 is 0 Å². The first kappa shape index (κ1) is 15.4. The molecule has 0 unspecified atom stereocenters. The number of aromatic nitrogens is 5. The topological polar surface area (TPSA) is 93.9 Å². The van der Waals surface area contributed by atoms with Crippen molar-refractivity contribution in [2.45, 2.75) is 34.3 Å². The van der Waals surface area contributed by atoms with Crippen molar-refractivity contribution in [3.8, 4) is 0 Å². The molecule has 3 rings (SSSR count). The van der Waals surface area contributed by atoms with Crippen molar-refractivity contribution in [1.82, 2.24) is 29.5 Å². The highest BCUT2D eigenvalue weighted by Gasteiger charge is 2.26. The molecule has 10 heteroatoms. The van der Waals surface area contributed by atoms with E-state index in [1.165, 1.54) is 26.9 Å². The summed E-state index contributed by atoms with van der Waals surface area (Å²) in [5.74, 6) is 0. The third kappa shape index (κ3) is 3.13. The molecule has 0 bridgehead atoms. The van der Waals surface area contributed by atoms with E-state index in [4.69, 9.17) is 0 Å². The molecule has 118 valence electrons. The second-order valence-corrected chi connectivity index (χ2v) is 7.91. The maximum atomic E-state index is 12.5. The van der Waals surface area contributed by atoms with Crippen LogP contribution in [0.3, 0.4) is 0 Å². The lowest BCUT2D eigenvalue weighted by atomic mass is 10.2. The van der Waals surface area contributed by atoms with Crippen molar-refractivity contribution in [3.63, 3.8) is 0 Å². The molecule has 3 heterocycles. The SMILES string of the molecule is Cn1nnnc1Sc1ccc(S(=O)(=O)N2CCCCC2)cn1. The Labute approximate surface area is 133 Å². The van der Waals surface area contributed by atoms with Crippen LogP contribution in [0.25, 0.3) is 0 Å². The Morgan fingerprint density at radius 3 is 2.55 bits per heavy atom. The van der Waals surface area contributed by atoms with Crippen LogP contribution in [0.2, 0.25) is 0 Å². The molecule has 0 N–H and O–H groups in total. The Morgan fingerprint density at radius 2 is 1.95 bits per heavy atom. The fourth-order valence-electron chi connectivity index (χ4n) is 2.24. The highest BCUT2D eigenvalue weighted by atomic mass is 32.2.